The first kappa shape index (κ1) is 94.3. The van der Waals surface area contributed by atoms with Crippen LogP contribution in [0.25, 0.3) is 6.08 Å². The van der Waals surface area contributed by atoms with Crippen LogP contribution in [-0.4, -0.2) is 67.0 Å². The van der Waals surface area contributed by atoms with E-state index in [0.717, 1.165) is 80.6 Å². The Morgan fingerprint density at radius 1 is 0.505 bits per heavy atom. The fourth-order valence-electron chi connectivity index (χ4n) is 8.32. The van der Waals surface area contributed by atoms with Crippen LogP contribution in [0.15, 0.2) is 120 Å². The molecule has 0 bridgehead atoms. The van der Waals surface area contributed by atoms with Gasteiger partial charge in [-0.15, -0.1) is 22.7 Å². The largest absolute Gasteiger partial charge is 0.449 e. The summed E-state index contributed by atoms with van der Waals surface area (Å²) < 4.78 is 23.9. The van der Waals surface area contributed by atoms with E-state index < -0.39 is 0 Å². The van der Waals surface area contributed by atoms with Gasteiger partial charge in [-0.2, -0.15) is 13.8 Å². The maximum absolute atomic E-state index is 5.34. The van der Waals surface area contributed by atoms with Crippen molar-refractivity contribution in [2.24, 2.45) is 20.8 Å². The molecule has 2 aliphatic rings. The Bertz CT molecular complexity index is 3570. The number of aromatic nitrogens is 10. The average Bonchev–Trinajstić information content (AvgIpc) is 1.76. The van der Waals surface area contributed by atoms with Crippen molar-refractivity contribution >= 4 is 63.2 Å². The van der Waals surface area contributed by atoms with Crippen molar-refractivity contribution in [1.29, 1.82) is 0 Å². The molecule has 572 valence electrons. The number of aryl methyl sites for hydroxylation is 7. The Labute approximate surface area is 640 Å². The molecule has 15 nitrogen and oxygen atoms in total. The Kier molecular flexibility index (Phi) is 36.3. The van der Waals surface area contributed by atoms with Crippen molar-refractivity contribution in [2.75, 3.05) is 6.54 Å². The zero-order valence-corrected chi connectivity index (χ0v) is 74.0. The number of thiazole rings is 2. The summed E-state index contributed by atoms with van der Waals surface area (Å²) in [5, 5.41) is 17.2. The van der Waals surface area contributed by atoms with Gasteiger partial charge in [0.1, 0.15) is 23.6 Å². The van der Waals surface area contributed by atoms with Gasteiger partial charge < -0.3 is 13.4 Å². The number of aliphatic imine (C=N–C) groups is 2. The Balaban J connectivity index is 0.000000572. The standard InChI is InChI=1S/2C10H15N.C8H13N3.3C8H13NO.4C8H13NS/c1-5-9-8(6-7-11-9)10(2,3)4;1-5-8-6-7-9(11-8)10(2,3)4;1-5-6-9-7(11-10-6)8(2,3)4;1-6-9-7(5-10-6)8(2,3)4;1-6-9-5-7(10-6)8(2,3)4;1-6-5-7(10-9-6)8(2,3)4;1-6-9-7(5-10-6)8(2,3)4;1-6-9-5-7(10-6)8(2,3)4;1-6-7(5-10-9-6)8(2,3)4;1-6-5-7(10-9-6)8(2,3)4/h5-6H,1,7H2,2-4H3;5,7H,1,6H2,2-4H3;5H,1H2,2-4H3,(H,9,10,11);7*5H,1-4H3. The van der Waals surface area contributed by atoms with Crippen molar-refractivity contribution < 1.29 is 13.4 Å². The summed E-state index contributed by atoms with van der Waals surface area (Å²) in [5.41, 5.74) is 13.3. The van der Waals surface area contributed by atoms with Crippen molar-refractivity contribution in [3.05, 3.63) is 186 Å². The van der Waals surface area contributed by atoms with Gasteiger partial charge in [-0.3, -0.25) is 15.1 Å². The molecule has 19 heteroatoms. The number of rotatable bonds is 3. The lowest BCUT2D eigenvalue weighted by Gasteiger charge is -2.20. The van der Waals surface area contributed by atoms with E-state index in [0.29, 0.717) is 5.82 Å². The number of hydrogen-bond donors (Lipinski definition) is 1. The first-order valence-electron chi connectivity index (χ1n) is 35.5. The highest BCUT2D eigenvalue weighted by Crippen LogP contribution is 2.33. The first-order valence-corrected chi connectivity index (χ1v) is 38.8. The quantitative estimate of drug-likeness (QED) is 0.176. The fourth-order valence-corrected chi connectivity index (χ4v) is 11.7. The molecule has 103 heavy (non-hydrogen) atoms. The summed E-state index contributed by atoms with van der Waals surface area (Å²) in [6.07, 6.45) is 16.1. The van der Waals surface area contributed by atoms with E-state index in [1.807, 2.05) is 66.0 Å². The molecule has 0 saturated carbocycles. The van der Waals surface area contributed by atoms with Gasteiger partial charge in [0.25, 0.3) is 0 Å². The molecule has 0 spiro atoms. The maximum Gasteiger partial charge on any atom is 0.191 e. The van der Waals surface area contributed by atoms with E-state index in [1.54, 1.807) is 64.3 Å². The van der Waals surface area contributed by atoms with Crippen LogP contribution in [-0.2, 0) is 43.3 Å². The van der Waals surface area contributed by atoms with Gasteiger partial charge in [-0.1, -0.05) is 245 Å². The number of aromatic amines is 1. The summed E-state index contributed by atoms with van der Waals surface area (Å²) in [7, 11) is 0. The summed E-state index contributed by atoms with van der Waals surface area (Å²) >= 11 is 6.65. The van der Waals surface area contributed by atoms with Crippen molar-refractivity contribution in [3.63, 3.8) is 0 Å². The van der Waals surface area contributed by atoms with Crippen molar-refractivity contribution in [3.8, 4) is 0 Å². The zero-order chi connectivity index (χ0) is 79.9. The SMILES string of the molecule is C=CC1=NC(C(C)(C)C)=CC1.C=CC1=NCC=C1C(C)(C)C.C=Cc1n[nH]c(C(C)(C)C)n1.Cc1cc(C(C)(C)C)on1.Cc1cc(C(C)(C)C)sn1.Cc1nc(C(C)(C)C)co1.Cc1nc(C(C)(C)C)cs1.Cc1ncc(C(C)(C)C)o1.Cc1ncc(C(C)(C)C)s1.Cc1nscc1C(C)(C)C. The number of hydrogen-bond acceptors (Lipinski definition) is 18. The molecule has 0 aromatic carbocycles. The third kappa shape index (κ3) is 36.3. The number of allylic oxidation sites excluding steroid dienone is 5. The summed E-state index contributed by atoms with van der Waals surface area (Å²) in [4.78, 5) is 32.5. The molecular formula is C84H134N12O3S4. The summed E-state index contributed by atoms with van der Waals surface area (Å²) in [5.74, 6) is 4.94. The van der Waals surface area contributed by atoms with Crippen LogP contribution in [0.1, 0.15) is 303 Å². The second-order valence-corrected chi connectivity index (χ2v) is 39.6. The normalized spacial score (nSPS) is 13.2. The third-order valence-corrected chi connectivity index (χ3v) is 18.9. The van der Waals surface area contributed by atoms with E-state index in [1.165, 1.54) is 38.0 Å². The topological polar surface area (TPSA) is 196 Å². The molecule has 10 heterocycles. The van der Waals surface area contributed by atoms with E-state index in [4.69, 9.17) is 13.4 Å². The van der Waals surface area contributed by atoms with E-state index in [9.17, 15) is 0 Å². The van der Waals surface area contributed by atoms with Gasteiger partial charge >= 0.3 is 0 Å². The summed E-state index contributed by atoms with van der Waals surface area (Å²) in [6, 6.07) is 4.13. The molecule has 0 unspecified atom stereocenters. The minimum atomic E-state index is 0.0360. The number of nitrogens with zero attached hydrogens (tertiary/aromatic N) is 11. The van der Waals surface area contributed by atoms with Gasteiger partial charge in [-0.25, -0.2) is 24.9 Å². The van der Waals surface area contributed by atoms with Gasteiger partial charge in [0.05, 0.1) is 56.9 Å². The minimum absolute atomic E-state index is 0.0360. The minimum Gasteiger partial charge on any atom is -0.449 e. The fraction of sp³-hybridized carbons (Fsp3) is 0.583. The van der Waals surface area contributed by atoms with Gasteiger partial charge in [0, 0.05) is 96.9 Å². The lowest BCUT2D eigenvalue weighted by atomic mass is 9.84. The molecule has 1 N–H and O–H groups in total. The number of oxazole rings is 2. The van der Waals surface area contributed by atoms with E-state index in [2.05, 4.69) is 322 Å². The summed E-state index contributed by atoms with van der Waals surface area (Å²) in [6.45, 7) is 90.4. The maximum atomic E-state index is 5.34. The predicted octanol–water partition coefficient (Wildman–Crippen LogP) is 25.1. The molecular weight excluding hydrogens is 1350 g/mol. The molecule has 0 saturated heterocycles. The molecule has 8 aromatic rings. The molecule has 0 amide bonds. The van der Waals surface area contributed by atoms with Crippen molar-refractivity contribution in [1.82, 2.24) is 49.0 Å². The molecule has 10 rings (SSSR count). The predicted molar refractivity (Wildman–Crippen MR) is 447 cm³/mol. The lowest BCUT2D eigenvalue weighted by molar-refractivity contribution is 0.327. The highest BCUT2D eigenvalue weighted by molar-refractivity contribution is 7.11. The van der Waals surface area contributed by atoms with Crippen LogP contribution in [0.4, 0.5) is 0 Å². The number of nitrogens with one attached hydrogen (secondary N) is 1. The highest BCUT2D eigenvalue weighted by atomic mass is 32.1. The Hall–Kier alpha value is -6.67. The van der Waals surface area contributed by atoms with Crippen LogP contribution in [0.3, 0.4) is 0 Å². The van der Waals surface area contributed by atoms with E-state index >= 15 is 0 Å². The molecule has 0 fully saturated rings. The molecule has 0 atom stereocenters. The van der Waals surface area contributed by atoms with Gasteiger partial charge in [0.2, 0.25) is 0 Å². The van der Waals surface area contributed by atoms with Crippen molar-refractivity contribution in [2.45, 2.75) is 306 Å². The van der Waals surface area contributed by atoms with E-state index in [-0.39, 0.29) is 54.1 Å². The van der Waals surface area contributed by atoms with Gasteiger partial charge in [-0.05, 0) is 115 Å². The van der Waals surface area contributed by atoms with Crippen LogP contribution in [0.2, 0.25) is 0 Å². The second kappa shape index (κ2) is 39.6. The van der Waals surface area contributed by atoms with Crippen LogP contribution < -0.4 is 0 Å². The average molecular weight is 1490 g/mol. The molecule has 0 aliphatic carbocycles. The third-order valence-electron chi connectivity index (χ3n) is 14.8. The molecule has 8 aromatic heterocycles. The number of H-pyrrole nitrogens is 1. The molecule has 0 radical (unpaired) electrons. The van der Waals surface area contributed by atoms with Crippen LogP contribution in [0, 0.1) is 59.3 Å². The second-order valence-electron chi connectivity index (χ2n) is 35.9. The Morgan fingerprint density at radius 3 is 1.32 bits per heavy atom. The lowest BCUT2D eigenvalue weighted by Crippen LogP contribution is -2.14. The van der Waals surface area contributed by atoms with Crippen LogP contribution >= 0.6 is 45.7 Å². The first-order chi connectivity index (χ1) is 46.6. The monoisotopic (exact) mass is 1490 g/mol. The Morgan fingerprint density at radius 2 is 1.09 bits per heavy atom. The zero-order valence-electron chi connectivity index (χ0n) is 70.7. The highest BCUT2D eigenvalue weighted by Gasteiger charge is 2.25. The van der Waals surface area contributed by atoms with Crippen LogP contribution in [0.5, 0.6) is 0 Å². The van der Waals surface area contributed by atoms with Gasteiger partial charge in [0.15, 0.2) is 17.6 Å². The smallest absolute Gasteiger partial charge is 0.191 e. The molecule has 2 aliphatic heterocycles.